The molecule has 0 radical (unpaired) electrons. The van der Waals surface area contributed by atoms with Gasteiger partial charge in [-0.3, -0.25) is 9.78 Å². The van der Waals surface area contributed by atoms with Crippen molar-refractivity contribution in [1.29, 1.82) is 0 Å². The van der Waals surface area contributed by atoms with Crippen molar-refractivity contribution >= 4 is 18.3 Å². The van der Waals surface area contributed by atoms with Gasteiger partial charge in [0.05, 0.1) is 12.2 Å². The lowest BCUT2D eigenvalue weighted by Crippen LogP contribution is -2.41. The van der Waals surface area contributed by atoms with Gasteiger partial charge in [-0.15, -0.1) is 12.4 Å². The lowest BCUT2D eigenvalue weighted by Gasteiger charge is -2.32. The summed E-state index contributed by atoms with van der Waals surface area (Å²) in [7, 11) is 0. The first-order valence-corrected chi connectivity index (χ1v) is 9.79. The minimum atomic E-state index is -0.257. The van der Waals surface area contributed by atoms with Crippen molar-refractivity contribution in [3.05, 3.63) is 65.7 Å². The van der Waals surface area contributed by atoms with Gasteiger partial charge in [0.25, 0.3) is 0 Å². The Bertz CT molecular complexity index is 736. The van der Waals surface area contributed by atoms with Crippen molar-refractivity contribution in [2.75, 3.05) is 13.1 Å². The van der Waals surface area contributed by atoms with E-state index in [2.05, 4.69) is 10.3 Å². The number of pyridine rings is 1. The maximum atomic E-state index is 13.5. The summed E-state index contributed by atoms with van der Waals surface area (Å²) in [6.45, 7) is 4.44. The molecule has 1 saturated heterocycles. The third-order valence-corrected chi connectivity index (χ3v) is 5.26. The molecule has 1 N–H and O–H groups in total. The van der Waals surface area contributed by atoms with Gasteiger partial charge in [-0.2, -0.15) is 0 Å². The summed E-state index contributed by atoms with van der Waals surface area (Å²) < 4.78 is 13.5. The van der Waals surface area contributed by atoms with Crippen molar-refractivity contribution in [3.63, 3.8) is 0 Å². The second-order valence-electron chi connectivity index (χ2n) is 7.34. The molecule has 1 aliphatic rings. The fourth-order valence-corrected chi connectivity index (χ4v) is 3.71. The van der Waals surface area contributed by atoms with Crippen LogP contribution >= 0.6 is 12.4 Å². The van der Waals surface area contributed by atoms with Gasteiger partial charge in [0, 0.05) is 18.7 Å². The second kappa shape index (κ2) is 11.1. The van der Waals surface area contributed by atoms with Crippen LogP contribution < -0.4 is 5.32 Å². The number of carbonyl (C=O) groups is 1. The number of amides is 1. The summed E-state index contributed by atoms with van der Waals surface area (Å²) in [5, 5.41) is 3.41. The van der Waals surface area contributed by atoms with Gasteiger partial charge < -0.3 is 10.2 Å². The van der Waals surface area contributed by atoms with E-state index in [1.165, 1.54) is 12.1 Å². The predicted molar refractivity (Wildman–Crippen MR) is 112 cm³/mol. The molecule has 1 aromatic heterocycles. The number of nitrogens with zero attached hydrogens (tertiary/aromatic N) is 2. The molecule has 6 heteroatoms. The first-order valence-electron chi connectivity index (χ1n) is 9.79. The Morgan fingerprint density at radius 2 is 2.11 bits per heavy atom. The topological polar surface area (TPSA) is 45.2 Å². The maximum absolute atomic E-state index is 13.5. The SMILES string of the molecule is CC(CC(=O)N(Cc1ccccn1)C1CCCNCC1)c1cccc(F)c1.Cl. The van der Waals surface area contributed by atoms with Crippen LogP contribution in [0.4, 0.5) is 4.39 Å². The van der Waals surface area contributed by atoms with Crippen LogP contribution in [0.5, 0.6) is 0 Å². The molecule has 2 atom stereocenters. The predicted octanol–water partition coefficient (Wildman–Crippen LogP) is 4.31. The van der Waals surface area contributed by atoms with E-state index in [0.29, 0.717) is 13.0 Å². The molecule has 1 fully saturated rings. The number of hydrogen-bond donors (Lipinski definition) is 1. The number of carbonyl (C=O) groups excluding carboxylic acids is 1. The van der Waals surface area contributed by atoms with Gasteiger partial charge in [-0.05, 0) is 68.1 Å². The van der Waals surface area contributed by atoms with E-state index in [-0.39, 0.29) is 36.1 Å². The highest BCUT2D eigenvalue weighted by atomic mass is 35.5. The molecule has 4 nitrogen and oxygen atoms in total. The number of halogens is 2. The number of hydrogen-bond acceptors (Lipinski definition) is 3. The molecule has 0 saturated carbocycles. The van der Waals surface area contributed by atoms with Crippen molar-refractivity contribution in [2.45, 2.75) is 51.1 Å². The molecule has 28 heavy (non-hydrogen) atoms. The Morgan fingerprint density at radius 3 is 2.86 bits per heavy atom. The fourth-order valence-electron chi connectivity index (χ4n) is 3.71. The maximum Gasteiger partial charge on any atom is 0.223 e. The average Bonchev–Trinajstić information content (AvgIpc) is 2.96. The summed E-state index contributed by atoms with van der Waals surface area (Å²) in [5.74, 6) is -0.167. The highest BCUT2D eigenvalue weighted by molar-refractivity contribution is 5.85. The Labute approximate surface area is 173 Å². The number of aromatic nitrogens is 1. The van der Waals surface area contributed by atoms with E-state index in [1.54, 1.807) is 12.3 Å². The average molecular weight is 406 g/mol. The van der Waals surface area contributed by atoms with Gasteiger partial charge in [-0.25, -0.2) is 4.39 Å². The molecule has 0 bridgehead atoms. The Morgan fingerprint density at radius 1 is 1.25 bits per heavy atom. The Kier molecular flexibility index (Phi) is 8.87. The summed E-state index contributed by atoms with van der Waals surface area (Å²) in [5.41, 5.74) is 1.77. The van der Waals surface area contributed by atoms with Crippen LogP contribution in [0.15, 0.2) is 48.7 Å². The molecule has 2 unspecified atom stereocenters. The lowest BCUT2D eigenvalue weighted by atomic mass is 9.96. The van der Waals surface area contributed by atoms with Gasteiger partial charge >= 0.3 is 0 Å². The fraction of sp³-hybridized carbons (Fsp3) is 0.455. The number of rotatable bonds is 6. The van der Waals surface area contributed by atoms with E-state index in [4.69, 9.17) is 0 Å². The molecule has 0 spiro atoms. The quantitative estimate of drug-likeness (QED) is 0.779. The number of nitrogens with one attached hydrogen (secondary N) is 1. The summed E-state index contributed by atoms with van der Waals surface area (Å²) in [6, 6.07) is 12.6. The van der Waals surface area contributed by atoms with E-state index >= 15 is 0 Å². The van der Waals surface area contributed by atoms with Crippen molar-refractivity contribution in [2.24, 2.45) is 0 Å². The molecule has 1 aromatic carbocycles. The first kappa shape index (κ1) is 22.3. The van der Waals surface area contributed by atoms with Gasteiger partial charge in [0.2, 0.25) is 5.91 Å². The van der Waals surface area contributed by atoms with Crippen LogP contribution in [-0.2, 0) is 11.3 Å². The molecular formula is C22H29ClFN3O. The molecule has 3 rings (SSSR count). The molecule has 1 amide bonds. The van der Waals surface area contributed by atoms with E-state index in [1.807, 2.05) is 36.1 Å². The minimum absolute atomic E-state index is 0. The molecule has 1 aliphatic heterocycles. The molecule has 2 aromatic rings. The van der Waals surface area contributed by atoms with Crippen LogP contribution in [0.1, 0.15) is 49.8 Å². The highest BCUT2D eigenvalue weighted by Crippen LogP contribution is 2.24. The monoisotopic (exact) mass is 405 g/mol. The summed E-state index contributed by atoms with van der Waals surface area (Å²) in [6.07, 6.45) is 5.16. The van der Waals surface area contributed by atoms with Crippen LogP contribution in [0.25, 0.3) is 0 Å². The molecule has 152 valence electrons. The van der Waals surface area contributed by atoms with Crippen molar-refractivity contribution in [1.82, 2.24) is 15.2 Å². The van der Waals surface area contributed by atoms with Crippen molar-refractivity contribution in [3.8, 4) is 0 Å². The minimum Gasteiger partial charge on any atom is -0.334 e. The molecular weight excluding hydrogens is 377 g/mol. The normalized spacial score (nSPS) is 17.9. The van der Waals surface area contributed by atoms with Crippen LogP contribution in [-0.4, -0.2) is 34.9 Å². The van der Waals surface area contributed by atoms with E-state index in [9.17, 15) is 9.18 Å². The van der Waals surface area contributed by atoms with E-state index < -0.39 is 0 Å². The largest absolute Gasteiger partial charge is 0.334 e. The smallest absolute Gasteiger partial charge is 0.223 e. The third kappa shape index (κ3) is 6.28. The zero-order valence-electron chi connectivity index (χ0n) is 16.3. The zero-order valence-corrected chi connectivity index (χ0v) is 17.1. The summed E-state index contributed by atoms with van der Waals surface area (Å²) in [4.78, 5) is 19.6. The van der Waals surface area contributed by atoms with Crippen molar-refractivity contribution < 1.29 is 9.18 Å². The highest BCUT2D eigenvalue weighted by Gasteiger charge is 2.26. The second-order valence-corrected chi connectivity index (χ2v) is 7.34. The van der Waals surface area contributed by atoms with E-state index in [0.717, 1.165) is 43.6 Å². The van der Waals surface area contributed by atoms with Gasteiger partial charge in [0.15, 0.2) is 0 Å². The molecule has 2 heterocycles. The summed E-state index contributed by atoms with van der Waals surface area (Å²) >= 11 is 0. The number of benzene rings is 1. The van der Waals surface area contributed by atoms with Gasteiger partial charge in [-0.1, -0.05) is 25.1 Å². The standard InChI is InChI=1S/C22H28FN3O.ClH/c1-17(18-6-4-7-19(23)15-18)14-22(27)26(16-20-8-2-3-12-25-20)21-9-5-11-24-13-10-21;/h2-4,6-8,12,15,17,21,24H,5,9-11,13-14,16H2,1H3;1H. The Balaban J connectivity index is 0.00000280. The zero-order chi connectivity index (χ0) is 19.1. The van der Waals surface area contributed by atoms with Crippen LogP contribution in [0.3, 0.4) is 0 Å². The molecule has 0 aliphatic carbocycles. The third-order valence-electron chi connectivity index (χ3n) is 5.26. The van der Waals surface area contributed by atoms with Crippen LogP contribution in [0, 0.1) is 5.82 Å². The Hall–Kier alpha value is -1.98. The van der Waals surface area contributed by atoms with Crippen LogP contribution in [0.2, 0.25) is 0 Å². The lowest BCUT2D eigenvalue weighted by molar-refractivity contribution is -0.135. The van der Waals surface area contributed by atoms with Gasteiger partial charge in [0.1, 0.15) is 5.82 Å². The first-order chi connectivity index (χ1) is 13.1.